The van der Waals surface area contributed by atoms with Gasteiger partial charge in [0.25, 0.3) is 11.8 Å². The van der Waals surface area contributed by atoms with Crippen LogP contribution < -0.4 is 14.8 Å². The van der Waals surface area contributed by atoms with Crippen LogP contribution in [-0.4, -0.2) is 44.0 Å². The van der Waals surface area contributed by atoms with E-state index in [0.29, 0.717) is 22.7 Å². The molecule has 1 atom stereocenters. The predicted molar refractivity (Wildman–Crippen MR) is 96.2 cm³/mol. The number of methoxy groups -OCH3 is 1. The van der Waals surface area contributed by atoms with E-state index in [1.165, 1.54) is 12.0 Å². The summed E-state index contributed by atoms with van der Waals surface area (Å²) in [4.78, 5) is 26.1. The molecule has 1 N–H and O–H groups in total. The summed E-state index contributed by atoms with van der Waals surface area (Å²) in [6, 6.07) is 14.0. The quantitative estimate of drug-likeness (QED) is 0.876. The number of hydrogen-bond acceptors (Lipinski definition) is 4. The number of para-hydroxylation sites is 3. The minimum atomic E-state index is -0.765. The molecular weight excluding hydrogens is 320 g/mol. The Bertz CT molecular complexity index is 759. The Hall–Kier alpha value is -3.02. The third-order valence-electron chi connectivity index (χ3n) is 3.56. The summed E-state index contributed by atoms with van der Waals surface area (Å²) >= 11 is 0. The van der Waals surface area contributed by atoms with Crippen LogP contribution in [0.1, 0.15) is 17.3 Å². The second kappa shape index (κ2) is 8.19. The van der Waals surface area contributed by atoms with Gasteiger partial charge in [-0.2, -0.15) is 0 Å². The first-order valence-corrected chi connectivity index (χ1v) is 7.85. The number of hydrogen-bond donors (Lipinski definition) is 1. The summed E-state index contributed by atoms with van der Waals surface area (Å²) < 4.78 is 10.9. The molecule has 0 bridgehead atoms. The molecule has 6 nitrogen and oxygen atoms in total. The van der Waals surface area contributed by atoms with E-state index in [-0.39, 0.29) is 11.8 Å². The Morgan fingerprint density at radius 2 is 1.60 bits per heavy atom. The average molecular weight is 342 g/mol. The van der Waals surface area contributed by atoms with Crippen molar-refractivity contribution < 1.29 is 19.1 Å². The molecule has 132 valence electrons. The molecule has 2 rings (SSSR count). The maximum absolute atomic E-state index is 12.5. The number of benzene rings is 2. The molecule has 0 aliphatic heterocycles. The second-order valence-electron chi connectivity index (χ2n) is 5.65. The second-order valence-corrected chi connectivity index (χ2v) is 5.65. The zero-order chi connectivity index (χ0) is 18.4. The third-order valence-corrected chi connectivity index (χ3v) is 3.56. The zero-order valence-electron chi connectivity index (χ0n) is 14.8. The van der Waals surface area contributed by atoms with Crippen molar-refractivity contribution in [1.29, 1.82) is 0 Å². The van der Waals surface area contributed by atoms with Crippen molar-refractivity contribution in [2.24, 2.45) is 0 Å². The van der Waals surface area contributed by atoms with Gasteiger partial charge in [0.15, 0.2) is 17.6 Å². The van der Waals surface area contributed by atoms with E-state index in [1.807, 2.05) is 6.07 Å². The summed E-state index contributed by atoms with van der Waals surface area (Å²) in [5.74, 6) is 0.481. The summed E-state index contributed by atoms with van der Waals surface area (Å²) in [6.45, 7) is 1.64. The van der Waals surface area contributed by atoms with Gasteiger partial charge < -0.3 is 19.7 Å². The van der Waals surface area contributed by atoms with Crippen molar-refractivity contribution in [2.45, 2.75) is 13.0 Å². The smallest absolute Gasteiger partial charge is 0.265 e. The first kappa shape index (κ1) is 18.3. The topological polar surface area (TPSA) is 67.9 Å². The average Bonchev–Trinajstić information content (AvgIpc) is 2.61. The highest BCUT2D eigenvalue weighted by Gasteiger charge is 2.20. The molecule has 0 saturated carbocycles. The van der Waals surface area contributed by atoms with E-state index in [0.717, 1.165) is 0 Å². The summed E-state index contributed by atoms with van der Waals surface area (Å²) in [6.07, 6.45) is -0.765. The van der Waals surface area contributed by atoms with Gasteiger partial charge in [0.1, 0.15) is 0 Å². The fraction of sp³-hybridized carbons (Fsp3) is 0.263. The van der Waals surface area contributed by atoms with Gasteiger partial charge in [0.2, 0.25) is 0 Å². The summed E-state index contributed by atoms with van der Waals surface area (Å²) in [5, 5.41) is 2.75. The van der Waals surface area contributed by atoms with E-state index >= 15 is 0 Å². The molecule has 0 heterocycles. The highest BCUT2D eigenvalue weighted by Crippen LogP contribution is 2.27. The molecule has 0 aromatic heterocycles. The van der Waals surface area contributed by atoms with Crippen LogP contribution in [0.3, 0.4) is 0 Å². The zero-order valence-corrected chi connectivity index (χ0v) is 14.8. The van der Waals surface area contributed by atoms with E-state index in [9.17, 15) is 9.59 Å². The van der Waals surface area contributed by atoms with Crippen LogP contribution in [0, 0.1) is 0 Å². The maximum Gasteiger partial charge on any atom is 0.265 e. The van der Waals surface area contributed by atoms with Crippen molar-refractivity contribution in [2.75, 3.05) is 26.5 Å². The summed E-state index contributed by atoms with van der Waals surface area (Å²) in [7, 11) is 4.86. The van der Waals surface area contributed by atoms with Gasteiger partial charge in [-0.3, -0.25) is 9.59 Å². The van der Waals surface area contributed by atoms with Crippen LogP contribution in [0.4, 0.5) is 5.69 Å². The number of carbonyl (C=O) groups is 2. The van der Waals surface area contributed by atoms with Gasteiger partial charge in [0.05, 0.1) is 18.4 Å². The normalized spacial score (nSPS) is 11.4. The molecule has 0 saturated heterocycles. The lowest BCUT2D eigenvalue weighted by Gasteiger charge is -2.18. The molecule has 2 aromatic carbocycles. The number of rotatable bonds is 6. The fourth-order valence-electron chi connectivity index (χ4n) is 2.21. The first-order chi connectivity index (χ1) is 11.9. The number of carbonyl (C=O) groups excluding carboxylic acids is 2. The van der Waals surface area contributed by atoms with Crippen molar-refractivity contribution in [3.63, 3.8) is 0 Å². The summed E-state index contributed by atoms with van der Waals surface area (Å²) in [5.41, 5.74) is 0.868. The Morgan fingerprint density at radius 3 is 2.24 bits per heavy atom. The maximum atomic E-state index is 12.5. The third kappa shape index (κ3) is 4.50. The molecule has 0 radical (unpaired) electrons. The molecule has 0 spiro atoms. The van der Waals surface area contributed by atoms with Crippen LogP contribution in [0.5, 0.6) is 11.5 Å². The molecule has 1 unspecified atom stereocenters. The number of amides is 2. The Labute approximate surface area is 147 Å². The van der Waals surface area contributed by atoms with Crippen molar-refractivity contribution in [3.8, 4) is 11.5 Å². The highest BCUT2D eigenvalue weighted by atomic mass is 16.5. The van der Waals surface area contributed by atoms with Gasteiger partial charge in [-0.1, -0.05) is 24.3 Å². The van der Waals surface area contributed by atoms with Crippen LogP contribution >= 0.6 is 0 Å². The SMILES string of the molecule is COc1ccccc1OC(C)C(=O)Nc1ccccc1C(=O)N(C)C. The van der Waals surface area contributed by atoms with E-state index in [2.05, 4.69) is 5.32 Å². The Morgan fingerprint density at radius 1 is 1.00 bits per heavy atom. The lowest BCUT2D eigenvalue weighted by atomic mass is 10.1. The van der Waals surface area contributed by atoms with Crippen molar-refractivity contribution >= 4 is 17.5 Å². The van der Waals surface area contributed by atoms with Crippen LogP contribution in [0.2, 0.25) is 0 Å². The molecule has 0 aliphatic rings. The van der Waals surface area contributed by atoms with E-state index in [1.54, 1.807) is 63.5 Å². The fourth-order valence-corrected chi connectivity index (χ4v) is 2.21. The monoisotopic (exact) mass is 342 g/mol. The Kier molecular flexibility index (Phi) is 6.00. The van der Waals surface area contributed by atoms with E-state index < -0.39 is 6.10 Å². The highest BCUT2D eigenvalue weighted by molar-refractivity contribution is 6.04. The standard InChI is InChI=1S/C19H22N2O4/c1-13(25-17-12-8-7-11-16(17)24-4)18(22)20-15-10-6-5-9-14(15)19(23)21(2)3/h5-13H,1-4H3,(H,20,22). The molecule has 2 amide bonds. The number of nitrogens with one attached hydrogen (secondary N) is 1. The number of anilines is 1. The lowest BCUT2D eigenvalue weighted by molar-refractivity contribution is -0.122. The largest absolute Gasteiger partial charge is 0.493 e. The molecule has 0 aliphatic carbocycles. The lowest BCUT2D eigenvalue weighted by Crippen LogP contribution is -2.31. The van der Waals surface area contributed by atoms with Crippen molar-refractivity contribution in [3.05, 3.63) is 54.1 Å². The van der Waals surface area contributed by atoms with Crippen LogP contribution in [0.15, 0.2) is 48.5 Å². The Balaban J connectivity index is 2.13. The van der Waals surface area contributed by atoms with Crippen LogP contribution in [-0.2, 0) is 4.79 Å². The minimum absolute atomic E-state index is 0.186. The van der Waals surface area contributed by atoms with Crippen molar-refractivity contribution in [1.82, 2.24) is 4.90 Å². The number of ether oxygens (including phenoxy) is 2. The molecule has 6 heteroatoms. The van der Waals surface area contributed by atoms with Gasteiger partial charge in [-0.25, -0.2) is 0 Å². The molecule has 2 aromatic rings. The first-order valence-electron chi connectivity index (χ1n) is 7.85. The van der Waals surface area contributed by atoms with Crippen LogP contribution in [0.25, 0.3) is 0 Å². The van der Waals surface area contributed by atoms with Gasteiger partial charge in [0, 0.05) is 14.1 Å². The van der Waals surface area contributed by atoms with Gasteiger partial charge >= 0.3 is 0 Å². The van der Waals surface area contributed by atoms with E-state index in [4.69, 9.17) is 9.47 Å². The molecule has 25 heavy (non-hydrogen) atoms. The number of nitrogens with zero attached hydrogens (tertiary/aromatic N) is 1. The van der Waals surface area contributed by atoms with Gasteiger partial charge in [-0.15, -0.1) is 0 Å². The molecule has 0 fully saturated rings. The van der Waals surface area contributed by atoms with Gasteiger partial charge in [-0.05, 0) is 31.2 Å². The minimum Gasteiger partial charge on any atom is -0.493 e. The predicted octanol–water partition coefficient (Wildman–Crippen LogP) is 2.80. The molecular formula is C19H22N2O4.